The number of carbonyl (C=O) groups excluding carboxylic acids is 1. The lowest BCUT2D eigenvalue weighted by Crippen LogP contribution is -2.57. The number of aliphatic hydroxyl groups excluding tert-OH is 1. The average Bonchev–Trinajstić information content (AvgIpc) is 3.05. The molecular formula is C25H40O3. The fourth-order valence-corrected chi connectivity index (χ4v) is 8.40. The number of carbonyl (C=O) groups is 1. The second-order valence-corrected chi connectivity index (χ2v) is 10.9. The third kappa shape index (κ3) is 2.99. The summed E-state index contributed by atoms with van der Waals surface area (Å²) in [5.74, 6) is 3.70. The minimum atomic E-state index is -0.201. The van der Waals surface area contributed by atoms with Gasteiger partial charge in [-0.15, -0.1) is 0 Å². The first-order valence-corrected chi connectivity index (χ1v) is 11.7. The SMILES string of the molecule is COC(=O)CC[C@H](C)[C@H]1CC[C@H]2[C@@H]3CC[C@H]4C=CCC[C@]4(C)[C@H]3C[C@H](O)[C@]12C. The van der Waals surface area contributed by atoms with Crippen molar-refractivity contribution in [2.24, 2.45) is 46.3 Å². The summed E-state index contributed by atoms with van der Waals surface area (Å²) in [5.41, 5.74) is 0.402. The molecule has 3 nitrogen and oxygen atoms in total. The highest BCUT2D eigenvalue weighted by atomic mass is 16.5. The lowest BCUT2D eigenvalue weighted by atomic mass is 9.44. The summed E-state index contributed by atoms with van der Waals surface area (Å²) in [7, 11) is 1.47. The molecule has 0 aromatic rings. The largest absolute Gasteiger partial charge is 0.469 e. The molecule has 0 spiro atoms. The predicted molar refractivity (Wildman–Crippen MR) is 112 cm³/mol. The molecule has 0 aromatic carbocycles. The van der Waals surface area contributed by atoms with Gasteiger partial charge >= 0.3 is 5.97 Å². The van der Waals surface area contributed by atoms with E-state index in [0.29, 0.717) is 35.5 Å². The van der Waals surface area contributed by atoms with Gasteiger partial charge in [-0.25, -0.2) is 0 Å². The van der Waals surface area contributed by atoms with E-state index in [2.05, 4.69) is 32.9 Å². The van der Waals surface area contributed by atoms with Crippen molar-refractivity contribution < 1.29 is 14.6 Å². The first-order chi connectivity index (χ1) is 13.3. The minimum absolute atomic E-state index is 0.0183. The molecule has 4 aliphatic rings. The van der Waals surface area contributed by atoms with Crippen molar-refractivity contribution in [1.29, 1.82) is 0 Å². The number of hydrogen-bond acceptors (Lipinski definition) is 3. The molecule has 3 heteroatoms. The van der Waals surface area contributed by atoms with Gasteiger partial charge in [0.2, 0.25) is 0 Å². The molecule has 0 bridgehead atoms. The normalized spacial score (nSPS) is 48.3. The summed E-state index contributed by atoms with van der Waals surface area (Å²) in [5, 5.41) is 11.5. The van der Waals surface area contributed by atoms with Crippen molar-refractivity contribution in [3.05, 3.63) is 12.2 Å². The molecule has 0 saturated heterocycles. The van der Waals surface area contributed by atoms with Crippen molar-refractivity contribution in [3.63, 3.8) is 0 Å². The summed E-state index contributed by atoms with van der Waals surface area (Å²) >= 11 is 0. The van der Waals surface area contributed by atoms with Crippen LogP contribution in [0.5, 0.6) is 0 Å². The molecule has 0 aromatic heterocycles. The molecule has 4 rings (SSSR count). The molecule has 0 heterocycles. The molecule has 4 aliphatic carbocycles. The van der Waals surface area contributed by atoms with Crippen LogP contribution in [0.3, 0.4) is 0 Å². The van der Waals surface area contributed by atoms with Crippen LogP contribution in [0.15, 0.2) is 12.2 Å². The molecule has 0 radical (unpaired) electrons. The topological polar surface area (TPSA) is 46.5 Å². The van der Waals surface area contributed by atoms with Crippen LogP contribution in [-0.4, -0.2) is 24.3 Å². The maximum atomic E-state index is 11.6. The van der Waals surface area contributed by atoms with Crippen LogP contribution in [0.4, 0.5) is 0 Å². The Balaban J connectivity index is 1.55. The molecule has 1 N–H and O–H groups in total. The van der Waals surface area contributed by atoms with Gasteiger partial charge in [-0.3, -0.25) is 4.79 Å². The first kappa shape index (κ1) is 20.4. The van der Waals surface area contributed by atoms with Crippen LogP contribution in [0.25, 0.3) is 0 Å². The third-order valence-electron chi connectivity index (χ3n) is 10.1. The van der Waals surface area contributed by atoms with Gasteiger partial charge in [0.25, 0.3) is 0 Å². The van der Waals surface area contributed by atoms with E-state index < -0.39 is 0 Å². The van der Waals surface area contributed by atoms with Crippen molar-refractivity contribution in [1.82, 2.24) is 0 Å². The van der Waals surface area contributed by atoms with Crippen molar-refractivity contribution >= 4 is 5.97 Å². The van der Waals surface area contributed by atoms with Gasteiger partial charge in [0.15, 0.2) is 0 Å². The monoisotopic (exact) mass is 388 g/mol. The Labute approximate surface area is 171 Å². The lowest BCUT2D eigenvalue weighted by Gasteiger charge is -2.61. The number of fused-ring (bicyclic) bond motifs is 5. The van der Waals surface area contributed by atoms with Crippen LogP contribution in [0.2, 0.25) is 0 Å². The first-order valence-electron chi connectivity index (χ1n) is 11.7. The molecular weight excluding hydrogens is 348 g/mol. The summed E-state index contributed by atoms with van der Waals surface area (Å²) in [6.07, 6.45) is 14.7. The van der Waals surface area contributed by atoms with E-state index >= 15 is 0 Å². The number of methoxy groups -OCH3 is 1. The van der Waals surface area contributed by atoms with Gasteiger partial charge in [-0.2, -0.15) is 0 Å². The van der Waals surface area contributed by atoms with Gasteiger partial charge < -0.3 is 9.84 Å². The predicted octanol–water partition coefficient (Wildman–Crippen LogP) is 5.37. The number of hydrogen-bond donors (Lipinski definition) is 1. The Morgan fingerprint density at radius 2 is 2.00 bits per heavy atom. The second-order valence-electron chi connectivity index (χ2n) is 10.9. The third-order valence-corrected chi connectivity index (χ3v) is 10.1. The molecule has 9 atom stereocenters. The van der Waals surface area contributed by atoms with E-state index in [4.69, 9.17) is 4.74 Å². The van der Waals surface area contributed by atoms with Crippen molar-refractivity contribution in [2.45, 2.75) is 84.7 Å². The van der Waals surface area contributed by atoms with Gasteiger partial charge in [-0.05, 0) is 97.7 Å². The Bertz CT molecular complexity index is 627. The van der Waals surface area contributed by atoms with E-state index in [1.54, 1.807) is 0 Å². The molecule has 0 aliphatic heterocycles. The fraction of sp³-hybridized carbons (Fsp3) is 0.880. The lowest BCUT2D eigenvalue weighted by molar-refractivity contribution is -0.159. The number of aliphatic hydroxyl groups is 1. The summed E-state index contributed by atoms with van der Waals surface area (Å²) < 4.78 is 4.85. The zero-order valence-corrected chi connectivity index (χ0v) is 18.3. The van der Waals surface area contributed by atoms with E-state index in [-0.39, 0.29) is 17.5 Å². The Hall–Kier alpha value is -0.830. The van der Waals surface area contributed by atoms with Crippen molar-refractivity contribution in [3.8, 4) is 0 Å². The zero-order chi connectivity index (χ0) is 20.1. The molecule has 0 unspecified atom stereocenters. The summed E-state index contributed by atoms with van der Waals surface area (Å²) in [6, 6.07) is 0. The van der Waals surface area contributed by atoms with Crippen LogP contribution in [0, 0.1) is 46.3 Å². The Morgan fingerprint density at radius 1 is 1.21 bits per heavy atom. The van der Waals surface area contributed by atoms with E-state index in [1.807, 2.05) is 0 Å². The van der Waals surface area contributed by atoms with Crippen LogP contribution in [0.1, 0.15) is 78.6 Å². The number of esters is 1. The molecule has 28 heavy (non-hydrogen) atoms. The quantitative estimate of drug-likeness (QED) is 0.520. The highest BCUT2D eigenvalue weighted by Crippen LogP contribution is 2.67. The number of ether oxygens (including phenoxy) is 1. The second kappa shape index (κ2) is 7.45. The standard InChI is InChI=1S/C25H40O3/c1-16(8-13-23(27)28-4)19-11-12-20-18-10-9-17-7-5-6-14-24(17,2)21(18)15-22(26)25(19,20)3/h5,7,16-22,26H,6,8-15H2,1-4H3/t16-,17+,18-,19+,20-,21-,22-,24-,25+/m0/s1. The van der Waals surface area contributed by atoms with Gasteiger partial charge in [-0.1, -0.05) is 32.9 Å². The fourth-order valence-electron chi connectivity index (χ4n) is 8.40. The number of allylic oxidation sites excluding steroid dienone is 2. The molecule has 0 amide bonds. The summed E-state index contributed by atoms with van der Waals surface area (Å²) in [6.45, 7) is 7.21. The molecule has 3 fully saturated rings. The van der Waals surface area contributed by atoms with Crippen LogP contribution >= 0.6 is 0 Å². The van der Waals surface area contributed by atoms with Gasteiger partial charge in [0, 0.05) is 6.42 Å². The van der Waals surface area contributed by atoms with Crippen LogP contribution < -0.4 is 0 Å². The van der Waals surface area contributed by atoms with Crippen molar-refractivity contribution in [2.75, 3.05) is 7.11 Å². The highest BCUT2D eigenvalue weighted by molar-refractivity contribution is 5.69. The zero-order valence-electron chi connectivity index (χ0n) is 18.3. The maximum absolute atomic E-state index is 11.6. The smallest absolute Gasteiger partial charge is 0.305 e. The van der Waals surface area contributed by atoms with E-state index in [9.17, 15) is 9.90 Å². The Kier molecular flexibility index (Phi) is 5.44. The van der Waals surface area contributed by atoms with Gasteiger partial charge in [0.1, 0.15) is 0 Å². The highest BCUT2D eigenvalue weighted by Gasteiger charge is 2.63. The van der Waals surface area contributed by atoms with Gasteiger partial charge in [0.05, 0.1) is 13.2 Å². The van der Waals surface area contributed by atoms with Crippen LogP contribution in [-0.2, 0) is 9.53 Å². The minimum Gasteiger partial charge on any atom is -0.469 e. The maximum Gasteiger partial charge on any atom is 0.305 e. The summed E-state index contributed by atoms with van der Waals surface area (Å²) in [4.78, 5) is 11.6. The average molecular weight is 389 g/mol. The van der Waals surface area contributed by atoms with E-state index in [0.717, 1.165) is 24.7 Å². The molecule has 3 saturated carbocycles. The number of rotatable bonds is 4. The van der Waals surface area contributed by atoms with E-state index in [1.165, 1.54) is 45.6 Å². The molecule has 158 valence electrons. The Morgan fingerprint density at radius 3 is 2.75 bits per heavy atom.